The van der Waals surface area contributed by atoms with E-state index in [1.54, 1.807) is 31.6 Å². The Labute approximate surface area is 133 Å². The first-order valence-electron chi connectivity index (χ1n) is 7.28. The van der Waals surface area contributed by atoms with E-state index in [2.05, 4.69) is 14.9 Å². The van der Waals surface area contributed by atoms with Crippen molar-refractivity contribution >= 4 is 17.2 Å². The highest BCUT2D eigenvalue weighted by Gasteiger charge is 2.24. The summed E-state index contributed by atoms with van der Waals surface area (Å²) < 4.78 is 5.09. The number of anilines is 2. The van der Waals surface area contributed by atoms with Gasteiger partial charge in [0.2, 0.25) is 5.88 Å². The summed E-state index contributed by atoms with van der Waals surface area (Å²) >= 11 is 0. The van der Waals surface area contributed by atoms with Gasteiger partial charge in [-0.1, -0.05) is 12.1 Å². The summed E-state index contributed by atoms with van der Waals surface area (Å²) in [5, 5.41) is 11.2. The molecule has 8 heteroatoms. The van der Waals surface area contributed by atoms with Gasteiger partial charge in [0.1, 0.15) is 5.69 Å². The number of aromatic nitrogens is 2. The van der Waals surface area contributed by atoms with Crippen LogP contribution >= 0.6 is 0 Å². The predicted octanol–water partition coefficient (Wildman–Crippen LogP) is 1.72. The molecule has 1 aliphatic heterocycles. The van der Waals surface area contributed by atoms with Gasteiger partial charge in [-0.3, -0.25) is 15.1 Å². The maximum atomic E-state index is 11.2. The van der Waals surface area contributed by atoms with Crippen LogP contribution in [0.1, 0.15) is 0 Å². The third-order valence-corrected chi connectivity index (χ3v) is 3.83. The molecular formula is C15H17N5O3. The van der Waals surface area contributed by atoms with Crippen LogP contribution in [0.15, 0.2) is 36.7 Å². The largest absolute Gasteiger partial charge is 0.480 e. The molecule has 0 unspecified atom stereocenters. The highest BCUT2D eigenvalue weighted by atomic mass is 16.6. The number of hydrogen-bond acceptors (Lipinski definition) is 7. The van der Waals surface area contributed by atoms with Gasteiger partial charge in [0, 0.05) is 32.2 Å². The van der Waals surface area contributed by atoms with E-state index >= 15 is 0 Å². The number of nitrogens with zero attached hydrogens (tertiary/aromatic N) is 5. The summed E-state index contributed by atoms with van der Waals surface area (Å²) in [6, 6.07) is 6.83. The molecule has 8 nitrogen and oxygen atoms in total. The standard InChI is InChI=1S/C15H17N5O3/c1-23-15-11-16-10-14(17-15)19-8-6-18(7-9-19)12-4-2-3-5-13(12)20(21)22/h2-5,10-11H,6-9H2,1H3. The van der Waals surface area contributed by atoms with E-state index in [0.29, 0.717) is 37.7 Å². The molecule has 1 aliphatic rings. The normalized spacial score (nSPS) is 14.7. The monoisotopic (exact) mass is 315 g/mol. The van der Waals surface area contributed by atoms with Crippen LogP contribution in [-0.2, 0) is 0 Å². The Morgan fingerprint density at radius 3 is 2.52 bits per heavy atom. The fourth-order valence-corrected chi connectivity index (χ4v) is 2.65. The number of piperazine rings is 1. The molecule has 2 heterocycles. The van der Waals surface area contributed by atoms with E-state index in [1.165, 1.54) is 6.07 Å². The Hall–Kier alpha value is -2.90. The number of rotatable bonds is 4. The lowest BCUT2D eigenvalue weighted by atomic mass is 10.2. The average molecular weight is 315 g/mol. The van der Waals surface area contributed by atoms with Crippen molar-refractivity contribution in [1.82, 2.24) is 9.97 Å². The van der Waals surface area contributed by atoms with Crippen LogP contribution in [0, 0.1) is 10.1 Å². The number of hydrogen-bond donors (Lipinski definition) is 0. The first-order valence-corrected chi connectivity index (χ1v) is 7.28. The second-order valence-electron chi connectivity index (χ2n) is 5.14. The van der Waals surface area contributed by atoms with E-state index in [0.717, 1.165) is 5.82 Å². The Bertz CT molecular complexity index is 701. The number of nitro benzene ring substituents is 1. The highest BCUT2D eigenvalue weighted by molar-refractivity contribution is 5.63. The van der Waals surface area contributed by atoms with Gasteiger partial charge in [0.15, 0.2) is 5.82 Å². The van der Waals surface area contributed by atoms with Crippen molar-refractivity contribution in [1.29, 1.82) is 0 Å². The zero-order valence-electron chi connectivity index (χ0n) is 12.8. The lowest BCUT2D eigenvalue weighted by Gasteiger charge is -2.36. The molecule has 0 atom stereocenters. The molecule has 3 rings (SSSR count). The molecule has 0 bridgehead atoms. The molecule has 2 aromatic rings. The van der Waals surface area contributed by atoms with E-state index in [4.69, 9.17) is 4.74 Å². The van der Waals surface area contributed by atoms with Crippen molar-refractivity contribution in [2.75, 3.05) is 43.1 Å². The summed E-state index contributed by atoms with van der Waals surface area (Å²) in [5.74, 6) is 1.23. The smallest absolute Gasteiger partial charge is 0.292 e. The lowest BCUT2D eigenvalue weighted by molar-refractivity contribution is -0.384. The molecule has 1 aromatic carbocycles. The highest BCUT2D eigenvalue weighted by Crippen LogP contribution is 2.29. The van der Waals surface area contributed by atoms with Crippen LogP contribution in [0.5, 0.6) is 5.88 Å². The quantitative estimate of drug-likeness (QED) is 0.627. The van der Waals surface area contributed by atoms with Gasteiger partial charge in [-0.15, -0.1) is 0 Å². The molecule has 0 N–H and O–H groups in total. The number of para-hydroxylation sites is 2. The molecule has 23 heavy (non-hydrogen) atoms. The van der Waals surface area contributed by atoms with Crippen molar-refractivity contribution in [3.63, 3.8) is 0 Å². The topological polar surface area (TPSA) is 84.6 Å². The summed E-state index contributed by atoms with van der Waals surface area (Å²) in [5.41, 5.74) is 0.802. The summed E-state index contributed by atoms with van der Waals surface area (Å²) in [4.78, 5) is 23.4. The lowest BCUT2D eigenvalue weighted by Crippen LogP contribution is -2.47. The average Bonchev–Trinajstić information content (AvgIpc) is 2.62. The minimum atomic E-state index is -0.338. The Morgan fingerprint density at radius 1 is 1.13 bits per heavy atom. The molecule has 120 valence electrons. The number of ether oxygens (including phenoxy) is 1. The molecule has 0 radical (unpaired) electrons. The van der Waals surface area contributed by atoms with Crippen molar-refractivity contribution in [3.05, 3.63) is 46.8 Å². The number of methoxy groups -OCH3 is 1. The molecule has 0 aliphatic carbocycles. The SMILES string of the molecule is COc1cncc(N2CCN(c3ccccc3[N+](=O)[O-])CC2)n1. The molecule has 1 fully saturated rings. The predicted molar refractivity (Wildman–Crippen MR) is 86.1 cm³/mol. The second-order valence-corrected chi connectivity index (χ2v) is 5.14. The first kappa shape index (κ1) is 15.0. The van der Waals surface area contributed by atoms with E-state index in [9.17, 15) is 10.1 Å². The van der Waals surface area contributed by atoms with Crippen molar-refractivity contribution in [2.45, 2.75) is 0 Å². The van der Waals surface area contributed by atoms with E-state index in [-0.39, 0.29) is 10.6 Å². The summed E-state index contributed by atoms with van der Waals surface area (Å²) in [7, 11) is 1.56. The van der Waals surface area contributed by atoms with Gasteiger partial charge in [-0.2, -0.15) is 4.98 Å². The molecule has 0 saturated carbocycles. The third-order valence-electron chi connectivity index (χ3n) is 3.83. The minimum Gasteiger partial charge on any atom is -0.480 e. The van der Waals surface area contributed by atoms with Gasteiger partial charge in [-0.05, 0) is 6.07 Å². The maximum absolute atomic E-state index is 11.2. The summed E-state index contributed by atoms with van der Waals surface area (Å²) in [6.45, 7) is 2.80. The molecule has 1 aromatic heterocycles. The van der Waals surface area contributed by atoms with Crippen LogP contribution < -0.4 is 14.5 Å². The van der Waals surface area contributed by atoms with Crippen LogP contribution in [0.3, 0.4) is 0 Å². The van der Waals surface area contributed by atoms with Crippen molar-refractivity contribution < 1.29 is 9.66 Å². The van der Waals surface area contributed by atoms with Crippen LogP contribution in [-0.4, -0.2) is 48.2 Å². The van der Waals surface area contributed by atoms with Crippen LogP contribution in [0.2, 0.25) is 0 Å². The Kier molecular flexibility index (Phi) is 4.22. The fourth-order valence-electron chi connectivity index (χ4n) is 2.65. The van der Waals surface area contributed by atoms with Crippen molar-refractivity contribution in [3.8, 4) is 5.88 Å². The van der Waals surface area contributed by atoms with Crippen molar-refractivity contribution in [2.24, 2.45) is 0 Å². The molecular weight excluding hydrogens is 298 g/mol. The van der Waals surface area contributed by atoms with Crippen LogP contribution in [0.4, 0.5) is 17.2 Å². The first-order chi connectivity index (χ1) is 11.2. The maximum Gasteiger partial charge on any atom is 0.292 e. The Morgan fingerprint density at radius 2 is 1.83 bits per heavy atom. The number of nitro groups is 1. The Balaban J connectivity index is 1.72. The van der Waals surface area contributed by atoms with Gasteiger partial charge < -0.3 is 14.5 Å². The molecule has 0 amide bonds. The number of benzene rings is 1. The molecule has 0 spiro atoms. The van der Waals surface area contributed by atoms with Gasteiger partial charge in [-0.25, -0.2) is 0 Å². The van der Waals surface area contributed by atoms with Gasteiger partial charge >= 0.3 is 0 Å². The van der Waals surface area contributed by atoms with Gasteiger partial charge in [0.05, 0.1) is 24.4 Å². The zero-order valence-corrected chi connectivity index (χ0v) is 12.8. The zero-order chi connectivity index (χ0) is 16.2. The minimum absolute atomic E-state index is 0.141. The van der Waals surface area contributed by atoms with Crippen LogP contribution in [0.25, 0.3) is 0 Å². The van der Waals surface area contributed by atoms with E-state index < -0.39 is 0 Å². The summed E-state index contributed by atoms with van der Waals surface area (Å²) in [6.07, 6.45) is 3.26. The fraction of sp³-hybridized carbons (Fsp3) is 0.333. The molecule has 1 saturated heterocycles. The van der Waals surface area contributed by atoms with E-state index in [1.807, 2.05) is 11.0 Å². The second kappa shape index (κ2) is 6.47. The third kappa shape index (κ3) is 3.15. The van der Waals surface area contributed by atoms with Gasteiger partial charge in [0.25, 0.3) is 5.69 Å².